The summed E-state index contributed by atoms with van der Waals surface area (Å²) in [6.07, 6.45) is 1.83. The first-order valence-electron chi connectivity index (χ1n) is 8.04. The lowest BCUT2D eigenvalue weighted by Crippen LogP contribution is -2.48. The Morgan fingerprint density at radius 1 is 1.32 bits per heavy atom. The Balaban J connectivity index is 1.76. The maximum absolute atomic E-state index is 12.1. The van der Waals surface area contributed by atoms with Gasteiger partial charge in [0.2, 0.25) is 0 Å². The van der Waals surface area contributed by atoms with Gasteiger partial charge in [0.05, 0.1) is 6.07 Å². The van der Waals surface area contributed by atoms with Gasteiger partial charge >= 0.3 is 5.97 Å². The van der Waals surface area contributed by atoms with Crippen LogP contribution < -0.4 is 10.1 Å². The van der Waals surface area contributed by atoms with Gasteiger partial charge in [-0.2, -0.15) is 5.26 Å². The number of rotatable bonds is 6. The maximum Gasteiger partial charge on any atom is 0.339 e. The fourth-order valence-electron chi connectivity index (χ4n) is 2.86. The summed E-state index contributed by atoms with van der Waals surface area (Å²) in [5.74, 6) is -1.27. The highest BCUT2D eigenvalue weighted by Crippen LogP contribution is 2.39. The SMILES string of the molecule is C[C@@](C#N)(NC(=O)COc1cc2ccccc2cc1C(=O)O)C1CC1. The highest BCUT2D eigenvalue weighted by Gasteiger charge is 2.43. The van der Waals surface area contributed by atoms with E-state index in [-0.39, 0.29) is 23.8 Å². The van der Waals surface area contributed by atoms with Crippen LogP contribution in [0.3, 0.4) is 0 Å². The first kappa shape index (κ1) is 16.8. The van der Waals surface area contributed by atoms with Gasteiger partial charge in [0.25, 0.3) is 5.91 Å². The third kappa shape index (κ3) is 3.56. The second kappa shape index (κ2) is 6.44. The molecule has 0 aromatic heterocycles. The fraction of sp³-hybridized carbons (Fsp3) is 0.316. The van der Waals surface area contributed by atoms with E-state index in [1.165, 1.54) is 6.07 Å². The quantitative estimate of drug-likeness (QED) is 0.843. The molecule has 1 aliphatic rings. The summed E-state index contributed by atoms with van der Waals surface area (Å²) in [6, 6.07) is 12.6. The Kier molecular flexibility index (Phi) is 4.32. The summed E-state index contributed by atoms with van der Waals surface area (Å²) in [6.45, 7) is 1.35. The summed E-state index contributed by atoms with van der Waals surface area (Å²) in [7, 11) is 0. The Morgan fingerprint density at radius 3 is 2.52 bits per heavy atom. The average molecular weight is 338 g/mol. The summed E-state index contributed by atoms with van der Waals surface area (Å²) < 4.78 is 5.46. The number of ether oxygens (including phenoxy) is 1. The average Bonchev–Trinajstić information content (AvgIpc) is 3.44. The highest BCUT2D eigenvalue weighted by atomic mass is 16.5. The fourth-order valence-corrected chi connectivity index (χ4v) is 2.86. The zero-order valence-electron chi connectivity index (χ0n) is 13.8. The number of nitrogens with zero attached hydrogens (tertiary/aromatic N) is 1. The standard InChI is InChI=1S/C19H18N2O4/c1-19(11-20,14-6-7-14)21-17(22)10-25-16-9-13-5-3-2-4-12(13)8-15(16)18(23)24/h2-5,8-9,14H,6-7,10H2,1H3,(H,21,22)(H,23,24)/t19-/m0/s1. The molecule has 2 aromatic carbocycles. The molecular formula is C19H18N2O4. The number of carboxylic acid groups (broad SMARTS) is 1. The third-order valence-electron chi connectivity index (χ3n) is 4.46. The van der Waals surface area contributed by atoms with Crippen LogP contribution in [0.5, 0.6) is 5.75 Å². The van der Waals surface area contributed by atoms with Gasteiger partial charge in [-0.05, 0) is 48.6 Å². The smallest absolute Gasteiger partial charge is 0.339 e. The number of nitriles is 1. The monoisotopic (exact) mass is 338 g/mol. The number of carboxylic acids is 1. The van der Waals surface area contributed by atoms with Crippen LogP contribution in [0.4, 0.5) is 0 Å². The molecule has 0 heterocycles. The molecule has 25 heavy (non-hydrogen) atoms. The molecule has 1 atom stereocenters. The van der Waals surface area contributed by atoms with Gasteiger partial charge in [-0.25, -0.2) is 4.79 Å². The van der Waals surface area contributed by atoms with Crippen LogP contribution in [-0.2, 0) is 4.79 Å². The zero-order valence-corrected chi connectivity index (χ0v) is 13.8. The predicted octanol–water partition coefficient (Wildman–Crippen LogP) is 2.73. The van der Waals surface area contributed by atoms with Crippen molar-refractivity contribution >= 4 is 22.6 Å². The minimum atomic E-state index is -1.12. The molecule has 2 N–H and O–H groups in total. The second-order valence-electron chi connectivity index (χ2n) is 6.43. The molecule has 1 fully saturated rings. The van der Waals surface area contributed by atoms with E-state index in [1.807, 2.05) is 24.3 Å². The molecule has 2 aromatic rings. The predicted molar refractivity (Wildman–Crippen MR) is 91.3 cm³/mol. The van der Waals surface area contributed by atoms with Crippen molar-refractivity contribution in [3.05, 3.63) is 42.0 Å². The van der Waals surface area contributed by atoms with E-state index in [2.05, 4.69) is 11.4 Å². The molecule has 1 aliphatic carbocycles. The van der Waals surface area contributed by atoms with E-state index in [0.717, 1.165) is 23.6 Å². The molecule has 1 amide bonds. The molecule has 0 bridgehead atoms. The van der Waals surface area contributed by atoms with Gasteiger partial charge in [-0.15, -0.1) is 0 Å². The van der Waals surface area contributed by atoms with Crippen molar-refractivity contribution in [1.82, 2.24) is 5.32 Å². The van der Waals surface area contributed by atoms with Gasteiger partial charge in [-0.1, -0.05) is 24.3 Å². The van der Waals surface area contributed by atoms with Crippen LogP contribution in [0.2, 0.25) is 0 Å². The summed E-state index contributed by atoms with van der Waals surface area (Å²) in [4.78, 5) is 23.6. The molecular weight excluding hydrogens is 320 g/mol. The van der Waals surface area contributed by atoms with Crippen LogP contribution in [0.15, 0.2) is 36.4 Å². The van der Waals surface area contributed by atoms with E-state index >= 15 is 0 Å². The molecule has 0 saturated heterocycles. The lowest BCUT2D eigenvalue weighted by Gasteiger charge is -2.23. The van der Waals surface area contributed by atoms with Crippen molar-refractivity contribution in [2.24, 2.45) is 5.92 Å². The van der Waals surface area contributed by atoms with E-state index in [4.69, 9.17) is 4.74 Å². The maximum atomic E-state index is 12.1. The molecule has 0 unspecified atom stereocenters. The lowest BCUT2D eigenvalue weighted by atomic mass is 9.98. The number of carbonyl (C=O) groups is 2. The minimum absolute atomic E-state index is 0.00302. The highest BCUT2D eigenvalue weighted by molar-refractivity contribution is 5.97. The number of hydrogen-bond acceptors (Lipinski definition) is 4. The number of carbonyl (C=O) groups excluding carboxylic acids is 1. The number of aromatic carboxylic acids is 1. The number of fused-ring (bicyclic) bond motifs is 1. The van der Waals surface area contributed by atoms with Gasteiger partial charge in [0, 0.05) is 0 Å². The number of hydrogen-bond donors (Lipinski definition) is 2. The van der Waals surface area contributed by atoms with Crippen molar-refractivity contribution in [3.8, 4) is 11.8 Å². The molecule has 0 radical (unpaired) electrons. The van der Waals surface area contributed by atoms with Crippen molar-refractivity contribution in [2.45, 2.75) is 25.3 Å². The van der Waals surface area contributed by atoms with Crippen LogP contribution in [-0.4, -0.2) is 29.1 Å². The topological polar surface area (TPSA) is 99.4 Å². The minimum Gasteiger partial charge on any atom is -0.483 e. The van der Waals surface area contributed by atoms with Crippen molar-refractivity contribution in [3.63, 3.8) is 0 Å². The van der Waals surface area contributed by atoms with Gasteiger partial charge < -0.3 is 15.2 Å². The normalized spacial score (nSPS) is 15.8. The van der Waals surface area contributed by atoms with Crippen LogP contribution in [0.25, 0.3) is 10.8 Å². The van der Waals surface area contributed by atoms with Crippen LogP contribution in [0.1, 0.15) is 30.1 Å². The third-order valence-corrected chi connectivity index (χ3v) is 4.46. The summed E-state index contributed by atoms with van der Waals surface area (Å²) in [5, 5.41) is 22.9. The van der Waals surface area contributed by atoms with Crippen molar-refractivity contribution in [2.75, 3.05) is 6.61 Å². The summed E-state index contributed by atoms with van der Waals surface area (Å²) in [5.41, 5.74) is -0.906. The molecule has 6 nitrogen and oxygen atoms in total. The zero-order chi connectivity index (χ0) is 18.0. The largest absolute Gasteiger partial charge is 0.483 e. The Morgan fingerprint density at radius 2 is 1.96 bits per heavy atom. The number of amides is 1. The molecule has 1 saturated carbocycles. The molecule has 0 aliphatic heterocycles. The van der Waals surface area contributed by atoms with Crippen LogP contribution in [0, 0.1) is 17.2 Å². The van der Waals surface area contributed by atoms with E-state index in [9.17, 15) is 20.0 Å². The van der Waals surface area contributed by atoms with E-state index in [1.54, 1.807) is 13.0 Å². The van der Waals surface area contributed by atoms with Crippen molar-refractivity contribution in [1.29, 1.82) is 5.26 Å². The Labute approximate surface area is 145 Å². The number of nitrogens with one attached hydrogen (secondary N) is 1. The van der Waals surface area contributed by atoms with Gasteiger partial charge in [0.1, 0.15) is 16.9 Å². The van der Waals surface area contributed by atoms with E-state index < -0.39 is 17.4 Å². The molecule has 0 spiro atoms. The Bertz CT molecular complexity index is 883. The van der Waals surface area contributed by atoms with Crippen LogP contribution >= 0.6 is 0 Å². The van der Waals surface area contributed by atoms with Gasteiger partial charge in [-0.3, -0.25) is 4.79 Å². The first-order valence-corrected chi connectivity index (χ1v) is 8.04. The Hall–Kier alpha value is -3.07. The molecule has 3 rings (SSSR count). The molecule has 128 valence electrons. The first-order chi connectivity index (χ1) is 11.9. The van der Waals surface area contributed by atoms with Gasteiger partial charge in [0.15, 0.2) is 6.61 Å². The van der Waals surface area contributed by atoms with E-state index in [0.29, 0.717) is 0 Å². The second-order valence-corrected chi connectivity index (χ2v) is 6.43. The summed E-state index contributed by atoms with van der Waals surface area (Å²) >= 11 is 0. The van der Waals surface area contributed by atoms with Crippen molar-refractivity contribution < 1.29 is 19.4 Å². The molecule has 6 heteroatoms. The lowest BCUT2D eigenvalue weighted by molar-refractivity contribution is -0.124. The number of benzene rings is 2.